The first-order valence-electron chi connectivity index (χ1n) is 11.2. The van der Waals surface area contributed by atoms with Crippen LogP contribution in [0, 0.1) is 34.6 Å². The number of carbonyl (C=O) groups is 1. The summed E-state index contributed by atoms with van der Waals surface area (Å²) in [6.07, 6.45) is 0.786. The van der Waals surface area contributed by atoms with Crippen LogP contribution in [0.1, 0.15) is 64.3 Å². The van der Waals surface area contributed by atoms with E-state index in [-0.39, 0.29) is 18.6 Å². The van der Waals surface area contributed by atoms with Gasteiger partial charge < -0.3 is 14.4 Å². The van der Waals surface area contributed by atoms with E-state index in [0.717, 1.165) is 33.3 Å². The van der Waals surface area contributed by atoms with Gasteiger partial charge >= 0.3 is 5.97 Å². The number of cyclic esters (lactones) is 1. The number of rotatable bonds is 2. The molecule has 166 valence electrons. The molecule has 0 saturated heterocycles. The van der Waals surface area contributed by atoms with Crippen molar-refractivity contribution in [2.45, 2.75) is 73.1 Å². The second-order valence-corrected chi connectivity index (χ2v) is 9.29. The minimum atomic E-state index is -1.80. The molecule has 1 atom stereocenters. The second-order valence-electron chi connectivity index (χ2n) is 9.29. The van der Waals surface area contributed by atoms with Crippen molar-refractivity contribution in [2.75, 3.05) is 0 Å². The zero-order chi connectivity index (χ0) is 23.1. The Labute approximate surface area is 186 Å². The maximum Gasteiger partial charge on any atom is 0.343 e. The van der Waals surface area contributed by atoms with Crippen molar-refractivity contribution in [3.8, 4) is 11.4 Å². The number of aliphatic hydroxyl groups is 1. The maximum atomic E-state index is 13.5. The summed E-state index contributed by atoms with van der Waals surface area (Å²) < 4.78 is 6.92. The Morgan fingerprint density at radius 3 is 2.41 bits per heavy atom. The highest BCUT2D eigenvalue weighted by molar-refractivity contribution is 5.94. The van der Waals surface area contributed by atoms with Gasteiger partial charge in [-0.05, 0) is 74.9 Å². The molecule has 4 heterocycles. The van der Waals surface area contributed by atoms with E-state index in [2.05, 4.69) is 34.6 Å². The summed E-state index contributed by atoms with van der Waals surface area (Å²) in [5.74, 6) is -0.686. The smallest absolute Gasteiger partial charge is 0.343 e. The van der Waals surface area contributed by atoms with E-state index in [1.54, 1.807) is 10.6 Å². The molecule has 1 aromatic carbocycles. The van der Waals surface area contributed by atoms with Gasteiger partial charge in [-0.3, -0.25) is 4.79 Å². The number of aryl methyl sites for hydroxylation is 3. The molecule has 0 amide bonds. The predicted molar refractivity (Wildman–Crippen MR) is 123 cm³/mol. The largest absolute Gasteiger partial charge is 0.458 e. The average molecular weight is 433 g/mol. The highest BCUT2D eigenvalue weighted by atomic mass is 16.6. The lowest BCUT2D eigenvalue weighted by molar-refractivity contribution is -0.172. The van der Waals surface area contributed by atoms with Gasteiger partial charge in [-0.1, -0.05) is 13.3 Å². The van der Waals surface area contributed by atoms with E-state index in [1.807, 2.05) is 6.92 Å². The normalized spacial score (nSPS) is 19.0. The predicted octanol–water partition coefficient (Wildman–Crippen LogP) is 4.01. The van der Waals surface area contributed by atoms with Crippen LogP contribution < -0.4 is 5.56 Å². The van der Waals surface area contributed by atoms with Crippen molar-refractivity contribution in [1.82, 2.24) is 9.55 Å². The summed E-state index contributed by atoms with van der Waals surface area (Å²) in [5, 5.41) is 12.4. The third kappa shape index (κ3) is 2.47. The van der Waals surface area contributed by atoms with Gasteiger partial charge in [-0.15, -0.1) is 0 Å². The standard InChI is InChI=1S/C26H28N2O4/c1-7-8-26(31)19-9-20-23-17(10-28(20)24(29)18(19)11-32-25(26)30)16(6)21-14(4)12(2)13(3)15(5)22(21)27-23/h9,31H,7-8,10-11H2,1-6H3/t26-/m0/s1. The Balaban J connectivity index is 1.85. The van der Waals surface area contributed by atoms with Crippen LogP contribution >= 0.6 is 0 Å². The molecule has 0 bridgehead atoms. The number of benzene rings is 1. The van der Waals surface area contributed by atoms with Crippen molar-refractivity contribution in [1.29, 1.82) is 0 Å². The summed E-state index contributed by atoms with van der Waals surface area (Å²) in [4.78, 5) is 31.0. The van der Waals surface area contributed by atoms with Gasteiger partial charge in [-0.2, -0.15) is 0 Å². The molecule has 0 radical (unpaired) electrons. The highest BCUT2D eigenvalue weighted by Crippen LogP contribution is 2.42. The summed E-state index contributed by atoms with van der Waals surface area (Å²) in [7, 11) is 0. The first kappa shape index (κ1) is 20.9. The minimum Gasteiger partial charge on any atom is -0.458 e. The van der Waals surface area contributed by atoms with Crippen LogP contribution in [0.15, 0.2) is 10.9 Å². The van der Waals surface area contributed by atoms with Gasteiger partial charge in [0.25, 0.3) is 5.56 Å². The maximum absolute atomic E-state index is 13.5. The van der Waals surface area contributed by atoms with E-state index < -0.39 is 11.6 Å². The molecule has 5 rings (SSSR count). The zero-order valence-corrected chi connectivity index (χ0v) is 19.5. The number of hydrogen-bond acceptors (Lipinski definition) is 5. The van der Waals surface area contributed by atoms with Gasteiger partial charge in [0, 0.05) is 16.5 Å². The van der Waals surface area contributed by atoms with Crippen molar-refractivity contribution in [3.05, 3.63) is 60.9 Å². The average Bonchev–Trinajstić information content (AvgIpc) is 3.13. The lowest BCUT2D eigenvalue weighted by Gasteiger charge is -2.32. The fourth-order valence-corrected chi connectivity index (χ4v) is 5.48. The fraction of sp³-hybridized carbons (Fsp3) is 0.423. The minimum absolute atomic E-state index is 0.110. The molecule has 0 aliphatic carbocycles. The number of pyridine rings is 2. The molecular weight excluding hydrogens is 404 g/mol. The lowest BCUT2D eigenvalue weighted by atomic mass is 9.84. The van der Waals surface area contributed by atoms with Gasteiger partial charge in [-0.25, -0.2) is 9.78 Å². The number of esters is 1. The van der Waals surface area contributed by atoms with Crippen molar-refractivity contribution >= 4 is 16.9 Å². The van der Waals surface area contributed by atoms with E-state index in [1.165, 1.54) is 16.7 Å². The fourth-order valence-electron chi connectivity index (χ4n) is 5.48. The first-order chi connectivity index (χ1) is 15.1. The molecule has 2 aliphatic heterocycles. The van der Waals surface area contributed by atoms with E-state index in [4.69, 9.17) is 9.72 Å². The van der Waals surface area contributed by atoms with Crippen molar-refractivity contribution in [2.24, 2.45) is 0 Å². The molecule has 2 aliphatic rings. The number of ether oxygens (including phenoxy) is 1. The molecule has 32 heavy (non-hydrogen) atoms. The monoisotopic (exact) mass is 432 g/mol. The number of hydrogen-bond donors (Lipinski definition) is 1. The summed E-state index contributed by atoms with van der Waals surface area (Å²) in [6.45, 7) is 12.8. The van der Waals surface area contributed by atoms with E-state index in [9.17, 15) is 14.7 Å². The second kappa shape index (κ2) is 6.75. The number of fused-ring (bicyclic) bond motifs is 5. The van der Waals surface area contributed by atoms with Crippen LogP contribution in [0.3, 0.4) is 0 Å². The molecule has 6 nitrogen and oxygen atoms in total. The van der Waals surface area contributed by atoms with E-state index in [0.29, 0.717) is 29.8 Å². The Morgan fingerprint density at radius 2 is 1.72 bits per heavy atom. The number of carbonyl (C=O) groups excluding carboxylic acids is 1. The molecule has 0 spiro atoms. The van der Waals surface area contributed by atoms with Gasteiger partial charge in [0.05, 0.1) is 29.0 Å². The Kier molecular flexibility index (Phi) is 4.41. The van der Waals surface area contributed by atoms with Crippen LogP contribution in [0.25, 0.3) is 22.3 Å². The van der Waals surface area contributed by atoms with Crippen molar-refractivity contribution < 1.29 is 14.6 Å². The summed E-state index contributed by atoms with van der Waals surface area (Å²) >= 11 is 0. The molecule has 0 unspecified atom stereocenters. The van der Waals surface area contributed by atoms with Gasteiger partial charge in [0.1, 0.15) is 6.61 Å². The van der Waals surface area contributed by atoms with Crippen LogP contribution in [-0.2, 0) is 28.3 Å². The van der Waals surface area contributed by atoms with Gasteiger partial charge in [0.15, 0.2) is 5.60 Å². The SMILES string of the molecule is CCC[C@@]1(O)C(=O)OCc2c1cc1n(c2=O)Cc2c-1nc1c(C)c(C)c(C)c(C)c1c2C. The van der Waals surface area contributed by atoms with Crippen LogP contribution in [0.2, 0.25) is 0 Å². The van der Waals surface area contributed by atoms with E-state index >= 15 is 0 Å². The number of aromatic nitrogens is 2. The third-order valence-corrected chi connectivity index (χ3v) is 7.69. The third-order valence-electron chi connectivity index (χ3n) is 7.69. The Bertz CT molecular complexity index is 1420. The molecule has 3 aromatic rings. The Morgan fingerprint density at radius 1 is 1.03 bits per heavy atom. The molecule has 2 aromatic heterocycles. The zero-order valence-electron chi connectivity index (χ0n) is 19.5. The quantitative estimate of drug-likeness (QED) is 0.484. The van der Waals surface area contributed by atoms with Crippen molar-refractivity contribution in [3.63, 3.8) is 0 Å². The Hall–Kier alpha value is -2.99. The molecule has 1 N–H and O–H groups in total. The molecule has 6 heteroatoms. The lowest BCUT2D eigenvalue weighted by Crippen LogP contribution is -2.44. The highest BCUT2D eigenvalue weighted by Gasteiger charge is 2.46. The molecule has 0 fully saturated rings. The summed E-state index contributed by atoms with van der Waals surface area (Å²) in [5.41, 5.74) is 8.08. The topological polar surface area (TPSA) is 81.4 Å². The first-order valence-corrected chi connectivity index (χ1v) is 11.2. The number of nitrogens with zero attached hydrogens (tertiary/aromatic N) is 2. The summed E-state index contributed by atoms with van der Waals surface area (Å²) in [6, 6.07) is 1.79. The molecular formula is C26H28N2O4. The van der Waals surface area contributed by atoms with Crippen LogP contribution in [0.5, 0.6) is 0 Å². The van der Waals surface area contributed by atoms with Gasteiger partial charge in [0.2, 0.25) is 0 Å². The molecule has 0 saturated carbocycles. The van der Waals surface area contributed by atoms with Crippen LogP contribution in [-0.4, -0.2) is 20.6 Å². The van der Waals surface area contributed by atoms with Crippen LogP contribution in [0.4, 0.5) is 0 Å².